The molecule has 0 radical (unpaired) electrons. The molecule has 1 aliphatic carbocycles. The van der Waals surface area contributed by atoms with Gasteiger partial charge in [0.15, 0.2) is 0 Å². The number of nitrogens with one attached hydrogen (secondary N) is 1. The van der Waals surface area contributed by atoms with Crippen LogP contribution in [0.3, 0.4) is 0 Å². The first-order valence-electron chi connectivity index (χ1n) is 6.77. The second-order valence-electron chi connectivity index (χ2n) is 5.73. The van der Waals surface area contributed by atoms with Gasteiger partial charge in [0, 0.05) is 11.7 Å². The fourth-order valence-electron chi connectivity index (χ4n) is 2.90. The zero-order chi connectivity index (χ0) is 14.9. The van der Waals surface area contributed by atoms with Gasteiger partial charge in [-0.2, -0.15) is 5.26 Å². The highest BCUT2D eigenvalue weighted by Gasteiger charge is 2.45. The molecule has 0 saturated heterocycles. The maximum absolute atomic E-state index is 11.5. The molecule has 1 heterocycles. The summed E-state index contributed by atoms with van der Waals surface area (Å²) in [6, 6.07) is 3.81. The van der Waals surface area contributed by atoms with Gasteiger partial charge in [-0.3, -0.25) is 4.79 Å². The molecule has 0 aromatic carbocycles. The Hall–Kier alpha value is -2.09. The molecule has 1 fully saturated rings. The number of anilines is 1. The summed E-state index contributed by atoms with van der Waals surface area (Å²) >= 11 is 0. The maximum atomic E-state index is 11.5. The van der Waals surface area contributed by atoms with Crippen LogP contribution in [-0.4, -0.2) is 22.1 Å². The van der Waals surface area contributed by atoms with Crippen LogP contribution in [-0.2, 0) is 4.79 Å². The van der Waals surface area contributed by atoms with Crippen molar-refractivity contribution < 1.29 is 9.90 Å². The Morgan fingerprint density at radius 1 is 1.60 bits per heavy atom. The predicted octanol–water partition coefficient (Wildman–Crippen LogP) is 2.63. The zero-order valence-electron chi connectivity index (χ0n) is 12.0. The van der Waals surface area contributed by atoms with E-state index in [1.807, 2.05) is 19.9 Å². The Balaban J connectivity index is 2.36. The van der Waals surface area contributed by atoms with Gasteiger partial charge in [0.05, 0.1) is 11.0 Å². The lowest BCUT2D eigenvalue weighted by Crippen LogP contribution is -2.40. The van der Waals surface area contributed by atoms with Crippen LogP contribution in [0.4, 0.5) is 5.82 Å². The molecule has 1 aromatic rings. The SMILES string of the molecule is Cc1cc(C)c(C#N)c(NC2CCCC2(C)C(=O)O)n1. The summed E-state index contributed by atoms with van der Waals surface area (Å²) in [7, 11) is 0. The standard InChI is InChI=1S/C15H19N3O2/c1-9-7-10(2)17-13(11(9)8-16)18-12-5-4-6-15(12,3)14(19)20/h7,12H,4-6H2,1-3H3,(H,17,18)(H,19,20). The van der Waals surface area contributed by atoms with E-state index in [0.29, 0.717) is 17.8 Å². The molecule has 5 heteroatoms. The van der Waals surface area contributed by atoms with E-state index < -0.39 is 11.4 Å². The minimum Gasteiger partial charge on any atom is -0.481 e. The van der Waals surface area contributed by atoms with Gasteiger partial charge in [-0.15, -0.1) is 0 Å². The number of rotatable bonds is 3. The van der Waals surface area contributed by atoms with Gasteiger partial charge in [0.2, 0.25) is 0 Å². The molecule has 1 aromatic heterocycles. The molecule has 1 saturated carbocycles. The van der Waals surface area contributed by atoms with E-state index in [2.05, 4.69) is 16.4 Å². The second-order valence-corrected chi connectivity index (χ2v) is 5.73. The monoisotopic (exact) mass is 273 g/mol. The number of aryl methyl sites for hydroxylation is 2. The van der Waals surface area contributed by atoms with Crippen molar-refractivity contribution in [3.8, 4) is 6.07 Å². The van der Waals surface area contributed by atoms with Gasteiger partial charge in [-0.1, -0.05) is 6.42 Å². The van der Waals surface area contributed by atoms with E-state index in [9.17, 15) is 15.2 Å². The van der Waals surface area contributed by atoms with Crippen LogP contribution in [0, 0.1) is 30.6 Å². The quantitative estimate of drug-likeness (QED) is 0.884. The molecule has 2 atom stereocenters. The molecule has 5 nitrogen and oxygen atoms in total. The van der Waals surface area contributed by atoms with Crippen molar-refractivity contribution in [3.63, 3.8) is 0 Å². The van der Waals surface area contributed by atoms with Crippen LogP contribution in [0.1, 0.15) is 43.0 Å². The molecular formula is C15H19N3O2. The Bertz CT molecular complexity index is 592. The van der Waals surface area contributed by atoms with Crippen LogP contribution >= 0.6 is 0 Å². The van der Waals surface area contributed by atoms with E-state index >= 15 is 0 Å². The molecule has 0 spiro atoms. The van der Waals surface area contributed by atoms with Crippen molar-refractivity contribution in [3.05, 3.63) is 22.9 Å². The van der Waals surface area contributed by atoms with Crippen molar-refractivity contribution in [2.75, 3.05) is 5.32 Å². The molecule has 2 N–H and O–H groups in total. The van der Waals surface area contributed by atoms with Gasteiger partial charge in [0.25, 0.3) is 0 Å². The van der Waals surface area contributed by atoms with Gasteiger partial charge in [-0.05, 0) is 45.2 Å². The van der Waals surface area contributed by atoms with Crippen LogP contribution in [0.2, 0.25) is 0 Å². The number of aromatic nitrogens is 1. The maximum Gasteiger partial charge on any atom is 0.311 e. The van der Waals surface area contributed by atoms with E-state index in [4.69, 9.17) is 0 Å². The lowest BCUT2D eigenvalue weighted by molar-refractivity contribution is -0.147. The molecule has 2 rings (SSSR count). The minimum atomic E-state index is -0.800. The van der Waals surface area contributed by atoms with E-state index in [1.54, 1.807) is 6.92 Å². The number of carboxylic acid groups (broad SMARTS) is 1. The lowest BCUT2D eigenvalue weighted by Gasteiger charge is -2.28. The fraction of sp³-hybridized carbons (Fsp3) is 0.533. The Labute approximate surface area is 118 Å². The van der Waals surface area contributed by atoms with Crippen molar-refractivity contribution in [1.29, 1.82) is 5.26 Å². The highest BCUT2D eigenvalue weighted by molar-refractivity contribution is 5.76. The molecule has 1 aliphatic rings. The minimum absolute atomic E-state index is 0.194. The van der Waals surface area contributed by atoms with Gasteiger partial charge >= 0.3 is 5.97 Å². The third-order valence-corrected chi connectivity index (χ3v) is 4.21. The summed E-state index contributed by atoms with van der Waals surface area (Å²) in [5.41, 5.74) is 1.37. The van der Waals surface area contributed by atoms with Crippen LogP contribution < -0.4 is 5.32 Å². The molecule has 0 bridgehead atoms. The Kier molecular flexibility index (Phi) is 3.67. The number of carbonyl (C=O) groups is 1. The average Bonchev–Trinajstić information content (AvgIpc) is 2.72. The summed E-state index contributed by atoms with van der Waals surface area (Å²) in [5.74, 6) is -0.292. The van der Waals surface area contributed by atoms with Crippen molar-refractivity contribution >= 4 is 11.8 Å². The third kappa shape index (κ3) is 2.34. The number of nitriles is 1. The molecule has 2 unspecified atom stereocenters. The van der Waals surface area contributed by atoms with Crippen molar-refractivity contribution in [2.24, 2.45) is 5.41 Å². The first kappa shape index (κ1) is 14.3. The largest absolute Gasteiger partial charge is 0.481 e. The van der Waals surface area contributed by atoms with Crippen molar-refractivity contribution in [2.45, 2.75) is 46.1 Å². The normalized spacial score (nSPS) is 25.2. The molecule has 106 valence electrons. The molecule has 0 aliphatic heterocycles. The third-order valence-electron chi connectivity index (χ3n) is 4.21. The number of carboxylic acids is 1. The highest BCUT2D eigenvalue weighted by Crippen LogP contribution is 2.40. The van der Waals surface area contributed by atoms with Crippen molar-refractivity contribution in [1.82, 2.24) is 4.98 Å². The topological polar surface area (TPSA) is 86.0 Å². The van der Waals surface area contributed by atoms with E-state index in [0.717, 1.165) is 24.1 Å². The van der Waals surface area contributed by atoms with E-state index in [1.165, 1.54) is 0 Å². The summed E-state index contributed by atoms with van der Waals surface area (Å²) < 4.78 is 0. The summed E-state index contributed by atoms with van der Waals surface area (Å²) in [6.07, 6.45) is 2.29. The van der Waals surface area contributed by atoms with Crippen LogP contribution in [0.5, 0.6) is 0 Å². The van der Waals surface area contributed by atoms with E-state index in [-0.39, 0.29) is 6.04 Å². The first-order valence-corrected chi connectivity index (χ1v) is 6.77. The molecular weight excluding hydrogens is 254 g/mol. The number of hydrogen-bond donors (Lipinski definition) is 2. The van der Waals surface area contributed by atoms with Gasteiger partial charge in [-0.25, -0.2) is 4.98 Å². The summed E-state index contributed by atoms with van der Waals surface area (Å²) in [6.45, 7) is 5.49. The zero-order valence-corrected chi connectivity index (χ0v) is 12.0. The predicted molar refractivity (Wildman–Crippen MR) is 75.4 cm³/mol. The summed E-state index contributed by atoms with van der Waals surface area (Å²) in [5, 5.41) is 21.9. The smallest absolute Gasteiger partial charge is 0.311 e. The van der Waals surface area contributed by atoms with Crippen LogP contribution in [0.25, 0.3) is 0 Å². The number of aliphatic carboxylic acids is 1. The fourth-order valence-corrected chi connectivity index (χ4v) is 2.90. The van der Waals surface area contributed by atoms with Gasteiger partial charge in [0.1, 0.15) is 11.9 Å². The Morgan fingerprint density at radius 2 is 2.30 bits per heavy atom. The number of hydrogen-bond acceptors (Lipinski definition) is 4. The summed E-state index contributed by atoms with van der Waals surface area (Å²) in [4.78, 5) is 15.9. The second kappa shape index (κ2) is 5.12. The highest BCUT2D eigenvalue weighted by atomic mass is 16.4. The lowest BCUT2D eigenvalue weighted by atomic mass is 9.85. The average molecular weight is 273 g/mol. The Morgan fingerprint density at radius 3 is 2.90 bits per heavy atom. The molecule has 20 heavy (non-hydrogen) atoms. The number of pyridine rings is 1. The molecule has 0 amide bonds. The van der Waals surface area contributed by atoms with Gasteiger partial charge < -0.3 is 10.4 Å². The number of nitrogens with zero attached hydrogens (tertiary/aromatic N) is 2. The van der Waals surface area contributed by atoms with Crippen LogP contribution in [0.15, 0.2) is 6.07 Å². The first-order chi connectivity index (χ1) is 9.38.